The predicted molar refractivity (Wildman–Crippen MR) is 23.4 cm³/mol. The van der Waals surface area contributed by atoms with Gasteiger partial charge in [-0.2, -0.15) is 0 Å². The highest BCUT2D eigenvalue weighted by atomic mass is 16.5. The second kappa shape index (κ2) is 1.58. The van der Waals surface area contributed by atoms with Gasteiger partial charge in [0.25, 0.3) is 0 Å². The molecule has 2 nitrogen and oxygen atoms in total. The van der Waals surface area contributed by atoms with E-state index in [-0.39, 0.29) is 0 Å². The molecular weight excluding hydrogens is 78.1 g/mol. The van der Waals surface area contributed by atoms with Crippen LogP contribution in [-0.4, -0.2) is 19.4 Å². The van der Waals surface area contributed by atoms with E-state index in [1.807, 2.05) is 0 Å². The average Bonchev–Trinajstić information content (AvgIpc) is 1.86. The highest BCUT2D eigenvalue weighted by Crippen LogP contribution is 1.89. The van der Waals surface area contributed by atoms with Gasteiger partial charge in [-0.15, -0.1) is 0 Å². The molecule has 1 N–H and O–H groups in total. The molecule has 0 aromatic carbocycles. The van der Waals surface area contributed by atoms with Crippen molar-refractivity contribution in [1.29, 1.82) is 0 Å². The van der Waals surface area contributed by atoms with Crippen LogP contribution >= 0.6 is 0 Å². The smallest absolute Gasteiger partial charge is 0.0968 e. The molecule has 2 heteroatoms. The SMILES string of the molecule is C[C@H]1COCN1. The fourth-order valence-electron chi connectivity index (χ4n) is 0.496. The zero-order chi connectivity index (χ0) is 4.41. The first-order valence-corrected chi connectivity index (χ1v) is 2.21. The Labute approximate surface area is 37.5 Å². The minimum absolute atomic E-state index is 0.574. The van der Waals surface area contributed by atoms with Crippen LogP contribution in [0, 0.1) is 0 Å². The van der Waals surface area contributed by atoms with Gasteiger partial charge in [0.2, 0.25) is 0 Å². The molecule has 0 spiro atoms. The van der Waals surface area contributed by atoms with E-state index >= 15 is 0 Å². The van der Waals surface area contributed by atoms with Crippen LogP contribution in [0.1, 0.15) is 6.92 Å². The molecule has 0 unspecified atom stereocenters. The third-order valence-corrected chi connectivity index (χ3v) is 0.902. The molecule has 0 amide bonds. The molecular formula is C4H9NO. The largest absolute Gasteiger partial charge is 0.365 e. The highest BCUT2D eigenvalue weighted by molar-refractivity contribution is 4.60. The van der Waals surface area contributed by atoms with E-state index in [2.05, 4.69) is 12.2 Å². The summed E-state index contributed by atoms with van der Waals surface area (Å²) >= 11 is 0. The average molecular weight is 87.1 g/mol. The number of rotatable bonds is 0. The molecule has 1 aliphatic heterocycles. The van der Waals surface area contributed by atoms with Crippen molar-refractivity contribution in [3.63, 3.8) is 0 Å². The van der Waals surface area contributed by atoms with E-state index in [9.17, 15) is 0 Å². The Hall–Kier alpha value is -0.0800. The van der Waals surface area contributed by atoms with Crippen LogP contribution < -0.4 is 5.32 Å². The molecule has 1 fully saturated rings. The Morgan fingerprint density at radius 1 is 1.83 bits per heavy atom. The van der Waals surface area contributed by atoms with Gasteiger partial charge >= 0.3 is 0 Å². The summed E-state index contributed by atoms with van der Waals surface area (Å²) in [7, 11) is 0. The summed E-state index contributed by atoms with van der Waals surface area (Å²) in [6.07, 6.45) is 0. The number of hydrogen-bond acceptors (Lipinski definition) is 2. The third-order valence-electron chi connectivity index (χ3n) is 0.902. The molecule has 1 rings (SSSR count). The molecule has 1 saturated heterocycles. The number of nitrogens with one attached hydrogen (secondary N) is 1. The fourth-order valence-corrected chi connectivity index (χ4v) is 0.496. The Morgan fingerprint density at radius 3 is 2.83 bits per heavy atom. The molecule has 1 atom stereocenters. The van der Waals surface area contributed by atoms with Gasteiger partial charge in [-0.3, -0.25) is 5.32 Å². The van der Waals surface area contributed by atoms with Crippen molar-refractivity contribution < 1.29 is 4.74 Å². The first-order chi connectivity index (χ1) is 2.89. The van der Waals surface area contributed by atoms with Crippen molar-refractivity contribution in [2.24, 2.45) is 0 Å². The zero-order valence-corrected chi connectivity index (χ0v) is 3.90. The molecule has 0 saturated carbocycles. The summed E-state index contributed by atoms with van der Waals surface area (Å²) in [4.78, 5) is 0. The molecule has 0 aliphatic carbocycles. The van der Waals surface area contributed by atoms with Gasteiger partial charge in [0, 0.05) is 6.04 Å². The van der Waals surface area contributed by atoms with Crippen molar-refractivity contribution in [2.45, 2.75) is 13.0 Å². The monoisotopic (exact) mass is 87.1 g/mol. The first kappa shape index (κ1) is 4.09. The van der Waals surface area contributed by atoms with Gasteiger partial charge in [-0.05, 0) is 6.92 Å². The Kier molecular flexibility index (Phi) is 1.08. The van der Waals surface area contributed by atoms with Crippen molar-refractivity contribution >= 4 is 0 Å². The maximum absolute atomic E-state index is 4.95. The fraction of sp³-hybridized carbons (Fsp3) is 1.00. The van der Waals surface area contributed by atoms with Gasteiger partial charge in [0.15, 0.2) is 0 Å². The lowest BCUT2D eigenvalue weighted by molar-refractivity contribution is 0.190. The zero-order valence-electron chi connectivity index (χ0n) is 3.90. The van der Waals surface area contributed by atoms with E-state index in [4.69, 9.17) is 4.74 Å². The normalized spacial score (nSPS) is 34.5. The quantitative estimate of drug-likeness (QED) is 0.447. The van der Waals surface area contributed by atoms with E-state index < -0.39 is 0 Å². The van der Waals surface area contributed by atoms with Crippen LogP contribution in [0.2, 0.25) is 0 Å². The Morgan fingerprint density at radius 2 is 2.67 bits per heavy atom. The molecule has 0 radical (unpaired) electrons. The third kappa shape index (κ3) is 0.698. The minimum atomic E-state index is 0.574. The lowest BCUT2D eigenvalue weighted by Gasteiger charge is -1.91. The molecule has 36 valence electrons. The Balaban J connectivity index is 2.18. The molecule has 0 aromatic heterocycles. The van der Waals surface area contributed by atoms with Crippen LogP contribution in [0.5, 0.6) is 0 Å². The van der Waals surface area contributed by atoms with Gasteiger partial charge in [-0.1, -0.05) is 0 Å². The molecule has 0 bridgehead atoms. The van der Waals surface area contributed by atoms with Gasteiger partial charge in [0.05, 0.1) is 13.3 Å². The summed E-state index contributed by atoms with van der Waals surface area (Å²) in [5, 5.41) is 3.10. The van der Waals surface area contributed by atoms with Gasteiger partial charge in [0.1, 0.15) is 0 Å². The summed E-state index contributed by atoms with van der Waals surface area (Å²) in [5.41, 5.74) is 0. The van der Waals surface area contributed by atoms with E-state index in [0.717, 1.165) is 13.3 Å². The van der Waals surface area contributed by atoms with Gasteiger partial charge in [-0.25, -0.2) is 0 Å². The Bertz CT molecular complexity index is 40.8. The van der Waals surface area contributed by atoms with Crippen LogP contribution in [0.25, 0.3) is 0 Å². The maximum Gasteiger partial charge on any atom is 0.0968 e. The summed E-state index contributed by atoms with van der Waals surface area (Å²) < 4.78 is 4.95. The van der Waals surface area contributed by atoms with E-state index in [1.165, 1.54) is 0 Å². The first-order valence-electron chi connectivity index (χ1n) is 2.21. The topological polar surface area (TPSA) is 21.3 Å². The maximum atomic E-state index is 4.95. The lowest BCUT2D eigenvalue weighted by atomic mass is 10.4. The lowest BCUT2D eigenvalue weighted by Crippen LogP contribution is -2.18. The van der Waals surface area contributed by atoms with E-state index in [1.54, 1.807) is 0 Å². The summed E-state index contributed by atoms with van der Waals surface area (Å²) in [6, 6.07) is 0.574. The van der Waals surface area contributed by atoms with Crippen LogP contribution in [0.3, 0.4) is 0 Å². The number of hydrogen-bond donors (Lipinski definition) is 1. The second-order valence-electron chi connectivity index (χ2n) is 1.62. The number of ether oxygens (including phenoxy) is 1. The van der Waals surface area contributed by atoms with Crippen molar-refractivity contribution in [3.8, 4) is 0 Å². The minimum Gasteiger partial charge on any atom is -0.365 e. The molecule has 1 aliphatic rings. The van der Waals surface area contributed by atoms with Crippen LogP contribution in [0.15, 0.2) is 0 Å². The van der Waals surface area contributed by atoms with E-state index in [0.29, 0.717) is 6.04 Å². The highest BCUT2D eigenvalue weighted by Gasteiger charge is 2.05. The second-order valence-corrected chi connectivity index (χ2v) is 1.62. The predicted octanol–water partition coefficient (Wildman–Crippen LogP) is -0.0478. The molecule has 1 heterocycles. The van der Waals surface area contributed by atoms with Crippen molar-refractivity contribution in [1.82, 2.24) is 5.32 Å². The van der Waals surface area contributed by atoms with Crippen LogP contribution in [-0.2, 0) is 4.74 Å². The van der Waals surface area contributed by atoms with Crippen molar-refractivity contribution in [2.75, 3.05) is 13.3 Å². The van der Waals surface area contributed by atoms with Crippen molar-refractivity contribution in [3.05, 3.63) is 0 Å². The summed E-state index contributed by atoms with van der Waals surface area (Å²) in [6.45, 7) is 3.72. The molecule has 6 heavy (non-hydrogen) atoms. The summed E-state index contributed by atoms with van der Waals surface area (Å²) in [5.74, 6) is 0. The van der Waals surface area contributed by atoms with Crippen LogP contribution in [0.4, 0.5) is 0 Å². The van der Waals surface area contributed by atoms with Gasteiger partial charge < -0.3 is 4.74 Å². The molecule has 0 aromatic rings. The standard InChI is InChI=1S/C4H9NO/c1-4-2-6-3-5-4/h4-5H,2-3H2,1H3/t4-/m0/s1.